The molecule has 1 aromatic carbocycles. The quantitative estimate of drug-likeness (QED) is 0.488. The first-order chi connectivity index (χ1) is 17.5. The minimum atomic E-state index is -0.814. The van der Waals surface area contributed by atoms with E-state index in [9.17, 15) is 14.0 Å². The number of likely N-dealkylation sites (tertiary alicyclic amines) is 1. The van der Waals surface area contributed by atoms with Gasteiger partial charge in [-0.2, -0.15) is 5.10 Å². The Hall–Kier alpha value is -3.57. The molecule has 2 aliphatic heterocycles. The Morgan fingerprint density at radius 2 is 2.08 bits per heavy atom. The predicted octanol–water partition coefficient (Wildman–Crippen LogP) is 3.73. The molecule has 186 valence electrons. The second-order valence-corrected chi connectivity index (χ2v) is 9.68. The maximum atomic E-state index is 13.8. The van der Waals surface area contributed by atoms with Crippen molar-refractivity contribution in [1.29, 1.82) is 0 Å². The number of aromatic amines is 1. The number of nitrogens with one attached hydrogen (secondary N) is 2. The van der Waals surface area contributed by atoms with Crippen LogP contribution in [0, 0.1) is 11.7 Å². The number of halogens is 2. The number of H-pyrrole nitrogens is 1. The number of aromatic nitrogens is 3. The molecule has 0 spiro atoms. The highest BCUT2D eigenvalue weighted by atomic mass is 35.5. The first kappa shape index (κ1) is 24.1. The first-order valence-electron chi connectivity index (χ1n) is 11.3. The molecule has 5 rings (SSSR count). The lowest BCUT2D eigenvalue weighted by molar-refractivity contribution is -0.136. The molecule has 3 aromatic rings. The van der Waals surface area contributed by atoms with Crippen LogP contribution >= 0.6 is 22.9 Å². The summed E-state index contributed by atoms with van der Waals surface area (Å²) in [6, 6.07) is 3.21. The third kappa shape index (κ3) is 4.63. The maximum Gasteiger partial charge on any atom is 0.338 e. The molecule has 0 saturated carbocycles. The smallest absolute Gasteiger partial charge is 0.338 e. The Morgan fingerprint density at radius 1 is 1.28 bits per heavy atom. The fourth-order valence-corrected chi connectivity index (χ4v) is 5.40. The summed E-state index contributed by atoms with van der Waals surface area (Å²) in [5.74, 6) is -0.723. The fourth-order valence-electron chi connectivity index (χ4n) is 4.54. The second-order valence-electron chi connectivity index (χ2n) is 8.38. The second kappa shape index (κ2) is 10.2. The Kier molecular flexibility index (Phi) is 6.84. The molecule has 12 heteroatoms. The number of carbonyl (C=O) groups is 2. The Labute approximate surface area is 215 Å². The highest BCUT2D eigenvalue weighted by molar-refractivity contribution is 7.11. The number of amides is 1. The number of ether oxygens (including phenoxy) is 1. The largest absolute Gasteiger partial charge is 0.466 e. The number of nitrogens with zero attached hydrogens (tertiary/aromatic N) is 4. The van der Waals surface area contributed by atoms with Crippen LogP contribution in [0.4, 0.5) is 4.39 Å². The monoisotopic (exact) mass is 528 g/mol. The van der Waals surface area contributed by atoms with E-state index < -0.39 is 17.8 Å². The van der Waals surface area contributed by atoms with Gasteiger partial charge in [0, 0.05) is 53.1 Å². The van der Waals surface area contributed by atoms with Gasteiger partial charge < -0.3 is 15.0 Å². The zero-order valence-electron chi connectivity index (χ0n) is 19.2. The zero-order valence-corrected chi connectivity index (χ0v) is 20.8. The van der Waals surface area contributed by atoms with Gasteiger partial charge >= 0.3 is 5.97 Å². The molecule has 36 heavy (non-hydrogen) atoms. The Balaban J connectivity index is 1.52. The van der Waals surface area contributed by atoms with Gasteiger partial charge in [-0.05, 0) is 25.0 Å². The van der Waals surface area contributed by atoms with Gasteiger partial charge in [-0.3, -0.25) is 14.9 Å². The number of hydrogen-bond acceptors (Lipinski definition) is 8. The van der Waals surface area contributed by atoms with Crippen LogP contribution in [0.5, 0.6) is 0 Å². The lowest BCUT2D eigenvalue weighted by atomic mass is 9.85. The number of rotatable bonds is 5. The normalized spacial score (nSPS) is 18.6. The van der Waals surface area contributed by atoms with E-state index in [2.05, 4.69) is 20.5 Å². The molecule has 1 amide bonds. The topological polar surface area (TPSA) is 113 Å². The van der Waals surface area contributed by atoms with Crippen molar-refractivity contribution in [3.05, 3.63) is 80.4 Å². The van der Waals surface area contributed by atoms with Gasteiger partial charge in [0.25, 0.3) is 5.91 Å². The van der Waals surface area contributed by atoms with E-state index in [1.165, 1.54) is 42.8 Å². The van der Waals surface area contributed by atoms with Crippen molar-refractivity contribution in [3.8, 4) is 0 Å². The molecular weight excluding hydrogens is 507 g/mol. The molecule has 2 N–H and O–H groups in total. The van der Waals surface area contributed by atoms with E-state index in [-0.39, 0.29) is 16.8 Å². The highest BCUT2D eigenvalue weighted by Gasteiger charge is 2.38. The number of carbonyl (C=O) groups excluding carboxylic acids is 2. The zero-order chi connectivity index (χ0) is 25.2. The number of methoxy groups -OCH3 is 1. The summed E-state index contributed by atoms with van der Waals surface area (Å²) in [7, 11) is 1.31. The number of amidine groups is 1. The van der Waals surface area contributed by atoms with Gasteiger partial charge in [0.2, 0.25) is 0 Å². The Bertz CT molecular complexity index is 1330. The molecule has 2 aliphatic rings. The van der Waals surface area contributed by atoms with E-state index in [0.717, 1.165) is 0 Å². The number of piperidine rings is 1. The number of allylic oxidation sites excluding steroid dienone is 1. The number of esters is 1. The van der Waals surface area contributed by atoms with E-state index in [1.54, 1.807) is 17.3 Å². The third-order valence-corrected chi connectivity index (χ3v) is 7.41. The molecule has 1 unspecified atom stereocenters. The number of aliphatic imine (C=N–C) groups is 1. The summed E-state index contributed by atoms with van der Waals surface area (Å²) in [5.41, 5.74) is 1.95. The van der Waals surface area contributed by atoms with Crippen LogP contribution in [0.2, 0.25) is 5.02 Å². The molecule has 2 aromatic heterocycles. The SMILES string of the molecule is COC(=O)C1=C(C2CCN(C(=O)c3cn[nH]c3)CC2)NC(c2nccs2)=NC1c1ccc(F)cc1Cl. The van der Waals surface area contributed by atoms with E-state index >= 15 is 0 Å². The van der Waals surface area contributed by atoms with Crippen molar-refractivity contribution in [2.75, 3.05) is 20.2 Å². The standard InChI is InChI=1S/C24H22ClFN6O3S/c1-35-24(34)18-19(13-4-7-32(8-5-13)23(33)14-11-28-29-12-14)30-21(22-27-6-9-36-22)31-20(18)16-3-2-15(26)10-17(16)25/h2-3,6,9-13,20H,4-5,7-8H2,1H3,(H,28,29)(H,30,31). The number of benzene rings is 1. The molecule has 4 heterocycles. The van der Waals surface area contributed by atoms with Crippen LogP contribution in [0.25, 0.3) is 0 Å². The molecule has 0 aliphatic carbocycles. The van der Waals surface area contributed by atoms with Crippen LogP contribution in [0.1, 0.15) is 39.8 Å². The molecule has 0 radical (unpaired) electrons. The average Bonchev–Trinajstić information content (AvgIpc) is 3.62. The number of hydrogen-bond donors (Lipinski definition) is 2. The summed E-state index contributed by atoms with van der Waals surface area (Å²) in [5, 5.41) is 12.5. The summed E-state index contributed by atoms with van der Waals surface area (Å²) in [4.78, 5) is 36.8. The summed E-state index contributed by atoms with van der Waals surface area (Å²) < 4.78 is 19.0. The van der Waals surface area contributed by atoms with Crippen molar-refractivity contribution in [2.45, 2.75) is 18.9 Å². The molecule has 1 atom stereocenters. The molecular formula is C24H22ClFN6O3S. The van der Waals surface area contributed by atoms with Crippen LogP contribution in [-0.4, -0.2) is 58.0 Å². The minimum Gasteiger partial charge on any atom is -0.466 e. The lowest BCUT2D eigenvalue weighted by Crippen LogP contribution is -2.43. The Morgan fingerprint density at radius 3 is 2.72 bits per heavy atom. The van der Waals surface area contributed by atoms with Crippen molar-refractivity contribution < 1.29 is 18.7 Å². The van der Waals surface area contributed by atoms with Gasteiger partial charge in [0.05, 0.1) is 24.4 Å². The average molecular weight is 529 g/mol. The van der Waals surface area contributed by atoms with Gasteiger partial charge in [0.15, 0.2) is 10.8 Å². The predicted molar refractivity (Wildman–Crippen MR) is 132 cm³/mol. The van der Waals surface area contributed by atoms with Crippen LogP contribution in [0.15, 0.2) is 58.4 Å². The molecule has 1 saturated heterocycles. The van der Waals surface area contributed by atoms with Gasteiger partial charge in [-0.15, -0.1) is 11.3 Å². The van der Waals surface area contributed by atoms with E-state index in [4.69, 9.17) is 21.3 Å². The lowest BCUT2D eigenvalue weighted by Gasteiger charge is -2.36. The maximum absolute atomic E-state index is 13.8. The van der Waals surface area contributed by atoms with Gasteiger partial charge in [-0.1, -0.05) is 17.7 Å². The summed E-state index contributed by atoms with van der Waals surface area (Å²) in [6.07, 6.45) is 5.97. The van der Waals surface area contributed by atoms with Crippen molar-refractivity contribution in [3.63, 3.8) is 0 Å². The van der Waals surface area contributed by atoms with Crippen LogP contribution in [-0.2, 0) is 9.53 Å². The van der Waals surface area contributed by atoms with Crippen molar-refractivity contribution in [1.82, 2.24) is 25.4 Å². The van der Waals surface area contributed by atoms with E-state index in [0.29, 0.717) is 59.2 Å². The van der Waals surface area contributed by atoms with E-state index in [1.807, 2.05) is 5.38 Å². The van der Waals surface area contributed by atoms with Gasteiger partial charge in [0.1, 0.15) is 11.9 Å². The molecule has 0 bridgehead atoms. The molecule has 9 nitrogen and oxygen atoms in total. The van der Waals surface area contributed by atoms with Crippen LogP contribution < -0.4 is 5.32 Å². The van der Waals surface area contributed by atoms with Crippen molar-refractivity contribution >= 4 is 40.6 Å². The first-order valence-corrected chi connectivity index (χ1v) is 12.5. The van der Waals surface area contributed by atoms with Crippen LogP contribution in [0.3, 0.4) is 0 Å². The third-order valence-electron chi connectivity index (χ3n) is 6.31. The fraction of sp³-hybridized carbons (Fsp3) is 0.292. The van der Waals surface area contributed by atoms with Gasteiger partial charge in [-0.25, -0.2) is 14.2 Å². The minimum absolute atomic E-state index is 0.0836. The van der Waals surface area contributed by atoms with Crippen molar-refractivity contribution in [2.24, 2.45) is 10.9 Å². The summed E-state index contributed by atoms with van der Waals surface area (Å²) in [6.45, 7) is 1.00. The highest BCUT2D eigenvalue weighted by Crippen LogP contribution is 2.40. The number of thiazole rings is 1. The summed E-state index contributed by atoms with van der Waals surface area (Å²) >= 11 is 7.82. The molecule has 1 fully saturated rings.